The topological polar surface area (TPSA) is 69.0 Å². The summed E-state index contributed by atoms with van der Waals surface area (Å²) in [6.45, 7) is 4.65. The molecule has 4 rings (SSSR count). The first-order valence-corrected chi connectivity index (χ1v) is 11.3. The Hall–Kier alpha value is -3.28. The molecule has 0 fully saturated rings. The summed E-state index contributed by atoms with van der Waals surface area (Å²) in [4.78, 5) is 20.2. The van der Waals surface area contributed by atoms with Crippen LogP contribution < -0.4 is 0 Å². The van der Waals surface area contributed by atoms with Crippen LogP contribution in [0, 0.1) is 0 Å². The minimum Gasteiger partial charge on any atom is -0.399 e. The highest BCUT2D eigenvalue weighted by molar-refractivity contribution is 6.03. The lowest BCUT2D eigenvalue weighted by Gasteiger charge is -2.21. The highest BCUT2D eigenvalue weighted by atomic mass is 16.6. The van der Waals surface area contributed by atoms with Crippen molar-refractivity contribution in [3.8, 4) is 0 Å². The number of aromatic nitrogens is 2. The van der Waals surface area contributed by atoms with Gasteiger partial charge in [-0.2, -0.15) is 0 Å². The Kier molecular flexibility index (Phi) is 7.10. The van der Waals surface area contributed by atoms with Gasteiger partial charge in [0.1, 0.15) is 25.1 Å². The van der Waals surface area contributed by atoms with Gasteiger partial charge in [0, 0.05) is 11.1 Å². The van der Waals surface area contributed by atoms with Crippen LogP contribution in [0.2, 0.25) is 0 Å². The molecule has 1 aliphatic rings. The predicted molar refractivity (Wildman–Crippen MR) is 128 cm³/mol. The third kappa shape index (κ3) is 4.79. The average Bonchev–Trinajstić information content (AvgIpc) is 2.83. The number of aryl methyl sites for hydroxylation is 2. The van der Waals surface area contributed by atoms with E-state index < -0.39 is 0 Å². The number of hydrogen-bond donors (Lipinski definition) is 0. The first-order chi connectivity index (χ1) is 15.7. The van der Waals surface area contributed by atoms with E-state index in [-0.39, 0.29) is 0 Å². The van der Waals surface area contributed by atoms with Crippen molar-refractivity contribution in [2.45, 2.75) is 52.4 Å². The van der Waals surface area contributed by atoms with Crippen molar-refractivity contribution in [1.29, 1.82) is 0 Å². The molecule has 1 aromatic carbocycles. The summed E-state index contributed by atoms with van der Waals surface area (Å²) >= 11 is 0. The molecule has 0 N–H and O–H groups in total. The summed E-state index contributed by atoms with van der Waals surface area (Å²) in [6.07, 6.45) is 5.71. The van der Waals surface area contributed by atoms with Crippen LogP contribution in [0.4, 0.5) is 0 Å². The Bertz CT molecular complexity index is 1150. The second kappa shape index (κ2) is 10.4. The Morgan fingerprint density at radius 3 is 2.78 bits per heavy atom. The lowest BCUT2D eigenvalue weighted by Crippen LogP contribution is -2.17. The van der Waals surface area contributed by atoms with E-state index in [2.05, 4.69) is 40.4 Å². The second-order valence-electron chi connectivity index (χ2n) is 7.99. The summed E-state index contributed by atoms with van der Waals surface area (Å²) in [5, 5.41) is 9.72. The molecule has 0 amide bonds. The van der Waals surface area contributed by atoms with Gasteiger partial charge in [-0.3, -0.25) is 4.98 Å². The van der Waals surface area contributed by atoms with Crippen LogP contribution in [0.25, 0.3) is 10.9 Å². The maximum absolute atomic E-state index is 5.73. The molecule has 2 aromatic heterocycles. The van der Waals surface area contributed by atoms with E-state index in [9.17, 15) is 0 Å². The molecule has 0 aliphatic heterocycles. The fourth-order valence-electron chi connectivity index (χ4n) is 4.32. The molecular weight excluding hydrogens is 400 g/mol. The molecule has 32 heavy (non-hydrogen) atoms. The maximum Gasteiger partial charge on any atom is 0.117 e. The molecule has 0 saturated carbocycles. The van der Waals surface area contributed by atoms with E-state index in [1.807, 2.05) is 31.2 Å². The molecule has 6 nitrogen and oxygen atoms in total. The SMILES string of the molecule is CCc1c2c(nc3ccccc13)C(=NOCCCc1cccc(C(C)=NOC)n1)CCC2. The molecule has 2 heterocycles. The molecule has 0 radical (unpaired) electrons. The van der Waals surface area contributed by atoms with Crippen molar-refractivity contribution in [3.63, 3.8) is 0 Å². The zero-order valence-electron chi connectivity index (χ0n) is 19.1. The summed E-state index contributed by atoms with van der Waals surface area (Å²) in [5.74, 6) is 0. The molecule has 0 saturated heterocycles. The van der Waals surface area contributed by atoms with Crippen LogP contribution in [0.3, 0.4) is 0 Å². The predicted octanol–water partition coefficient (Wildman–Crippen LogP) is 5.25. The van der Waals surface area contributed by atoms with Crippen LogP contribution in [0.5, 0.6) is 0 Å². The van der Waals surface area contributed by atoms with E-state index in [0.29, 0.717) is 6.61 Å². The molecular formula is C26H30N4O2. The van der Waals surface area contributed by atoms with Gasteiger partial charge in [0.2, 0.25) is 0 Å². The van der Waals surface area contributed by atoms with Crippen molar-refractivity contribution < 1.29 is 9.68 Å². The number of pyridine rings is 2. The number of para-hydroxylation sites is 1. The quantitative estimate of drug-likeness (QED) is 0.278. The Morgan fingerprint density at radius 1 is 1.06 bits per heavy atom. The van der Waals surface area contributed by atoms with Crippen LogP contribution in [-0.2, 0) is 28.9 Å². The Balaban J connectivity index is 1.42. The monoisotopic (exact) mass is 430 g/mol. The van der Waals surface area contributed by atoms with Crippen molar-refractivity contribution >= 4 is 22.3 Å². The fourth-order valence-corrected chi connectivity index (χ4v) is 4.32. The lowest BCUT2D eigenvalue weighted by molar-refractivity contribution is 0.141. The van der Waals surface area contributed by atoms with Gasteiger partial charge in [-0.05, 0) is 74.8 Å². The minimum absolute atomic E-state index is 0.546. The molecule has 166 valence electrons. The average molecular weight is 431 g/mol. The Labute approximate surface area is 189 Å². The van der Waals surface area contributed by atoms with E-state index in [4.69, 9.17) is 14.7 Å². The molecule has 6 heteroatoms. The molecule has 0 unspecified atom stereocenters. The molecule has 3 aromatic rings. The number of hydrogen-bond acceptors (Lipinski definition) is 6. The van der Waals surface area contributed by atoms with Gasteiger partial charge in [0.15, 0.2) is 0 Å². The summed E-state index contributed by atoms with van der Waals surface area (Å²) in [5.41, 5.74) is 8.37. The minimum atomic E-state index is 0.546. The van der Waals surface area contributed by atoms with Crippen LogP contribution in [-0.4, -0.2) is 35.1 Å². The third-order valence-electron chi connectivity index (χ3n) is 5.83. The van der Waals surface area contributed by atoms with Crippen molar-refractivity contribution in [1.82, 2.24) is 9.97 Å². The molecule has 0 spiro atoms. The standard InChI is InChI=1S/C26H30N4O2/c1-4-20-21-12-5-6-14-24(21)28-26-22(20)13-8-16-25(26)30-32-17-9-11-19-10-7-15-23(27-19)18(2)29-31-3/h5-7,10,12,14-15H,4,8-9,11,13,16-17H2,1-3H3. The third-order valence-corrected chi connectivity index (χ3v) is 5.83. The van der Waals surface area contributed by atoms with E-state index >= 15 is 0 Å². The van der Waals surface area contributed by atoms with Crippen LogP contribution >= 0.6 is 0 Å². The van der Waals surface area contributed by atoms with E-state index in [0.717, 1.165) is 72.5 Å². The van der Waals surface area contributed by atoms with Gasteiger partial charge in [-0.15, -0.1) is 0 Å². The molecule has 0 atom stereocenters. The number of oxime groups is 2. The zero-order chi connectivity index (χ0) is 22.3. The highest BCUT2D eigenvalue weighted by Gasteiger charge is 2.22. The second-order valence-corrected chi connectivity index (χ2v) is 7.99. The molecule has 0 bridgehead atoms. The van der Waals surface area contributed by atoms with Crippen molar-refractivity contribution in [2.75, 3.05) is 13.7 Å². The van der Waals surface area contributed by atoms with Gasteiger partial charge in [0.25, 0.3) is 0 Å². The summed E-state index contributed by atoms with van der Waals surface area (Å²) in [6, 6.07) is 14.3. The fraction of sp³-hybridized carbons (Fsp3) is 0.385. The largest absolute Gasteiger partial charge is 0.399 e. The van der Waals surface area contributed by atoms with Crippen molar-refractivity contribution in [2.24, 2.45) is 10.3 Å². The Morgan fingerprint density at radius 2 is 1.94 bits per heavy atom. The first kappa shape index (κ1) is 21.9. The smallest absolute Gasteiger partial charge is 0.117 e. The summed E-state index contributed by atoms with van der Waals surface area (Å²) in [7, 11) is 1.54. The molecule has 1 aliphatic carbocycles. The van der Waals surface area contributed by atoms with Gasteiger partial charge in [0.05, 0.1) is 16.9 Å². The highest BCUT2D eigenvalue weighted by Crippen LogP contribution is 2.30. The zero-order valence-corrected chi connectivity index (χ0v) is 19.1. The van der Waals surface area contributed by atoms with Gasteiger partial charge >= 0.3 is 0 Å². The maximum atomic E-state index is 5.73. The van der Waals surface area contributed by atoms with Gasteiger partial charge in [-0.1, -0.05) is 41.5 Å². The normalized spacial score (nSPS) is 15.1. The lowest BCUT2D eigenvalue weighted by atomic mass is 9.88. The summed E-state index contributed by atoms with van der Waals surface area (Å²) < 4.78 is 0. The number of fused-ring (bicyclic) bond motifs is 2. The number of nitrogens with zero attached hydrogens (tertiary/aromatic N) is 4. The first-order valence-electron chi connectivity index (χ1n) is 11.3. The van der Waals surface area contributed by atoms with Gasteiger partial charge < -0.3 is 9.68 Å². The van der Waals surface area contributed by atoms with Crippen molar-refractivity contribution in [3.05, 3.63) is 70.7 Å². The van der Waals surface area contributed by atoms with Crippen LogP contribution in [0.15, 0.2) is 52.8 Å². The van der Waals surface area contributed by atoms with E-state index in [1.165, 1.54) is 23.6 Å². The number of benzene rings is 1. The van der Waals surface area contributed by atoms with Gasteiger partial charge in [-0.25, -0.2) is 4.98 Å². The van der Waals surface area contributed by atoms with E-state index in [1.54, 1.807) is 0 Å². The number of rotatable bonds is 8. The van der Waals surface area contributed by atoms with Crippen LogP contribution in [0.1, 0.15) is 61.3 Å².